The lowest BCUT2D eigenvalue weighted by Crippen LogP contribution is -2.00. The number of para-hydroxylation sites is 4. The fourth-order valence-electron chi connectivity index (χ4n) is 9.60. The van der Waals surface area contributed by atoms with Crippen molar-refractivity contribution in [3.05, 3.63) is 218 Å². The summed E-state index contributed by atoms with van der Waals surface area (Å²) < 4.78 is 14.6. The van der Waals surface area contributed by atoms with Gasteiger partial charge in [-0.05, 0) is 124 Å². The number of hydrogen-bond acceptors (Lipinski definition) is 7. The van der Waals surface area contributed by atoms with E-state index in [2.05, 4.69) is 126 Å². The first-order valence-corrected chi connectivity index (χ1v) is 22.9. The molecule has 0 radical (unpaired) electrons. The molecule has 0 aliphatic rings. The Balaban J connectivity index is 0.907. The average Bonchev–Trinajstić information content (AvgIpc) is 4.14. The molecule has 4 heterocycles. The van der Waals surface area contributed by atoms with E-state index in [1.807, 2.05) is 97.1 Å². The molecule has 0 atom stereocenters. The highest BCUT2D eigenvalue weighted by Crippen LogP contribution is 2.39. The Bertz CT molecular complexity index is 4100. The van der Waals surface area contributed by atoms with Crippen LogP contribution in [-0.4, -0.2) is 29.5 Å². The minimum absolute atomic E-state index is 0.547. The number of rotatable bonds is 7. The summed E-state index contributed by atoms with van der Waals surface area (Å²) in [7, 11) is 0. The Morgan fingerprint density at radius 2 is 0.754 bits per heavy atom. The van der Waals surface area contributed by atoms with E-state index in [0.717, 1.165) is 77.5 Å². The van der Waals surface area contributed by atoms with Crippen LogP contribution >= 0.6 is 0 Å². The predicted molar refractivity (Wildman–Crippen MR) is 277 cm³/mol. The normalized spacial score (nSPS) is 11.8. The highest BCUT2D eigenvalue weighted by atomic mass is 16.4. The van der Waals surface area contributed by atoms with Crippen LogP contribution in [0.5, 0.6) is 0 Å². The third-order valence-electron chi connectivity index (χ3n) is 13.1. The molecule has 8 heteroatoms. The Morgan fingerprint density at radius 3 is 1.35 bits per heavy atom. The van der Waals surface area contributed by atoms with Crippen LogP contribution in [0.3, 0.4) is 0 Å². The van der Waals surface area contributed by atoms with Crippen molar-refractivity contribution >= 4 is 65.6 Å². The van der Waals surface area contributed by atoms with Crippen molar-refractivity contribution in [2.24, 2.45) is 0 Å². The molecule has 0 N–H and O–H groups in total. The van der Waals surface area contributed by atoms with Gasteiger partial charge >= 0.3 is 0 Å². The first kappa shape index (κ1) is 38.7. The number of fused-ring (bicyclic) bond motifs is 7. The molecule has 4 aromatic heterocycles. The maximum Gasteiger partial charge on any atom is 0.227 e. The lowest BCUT2D eigenvalue weighted by atomic mass is 10.0. The summed E-state index contributed by atoms with van der Waals surface area (Å²) in [5.41, 5.74) is 13.1. The van der Waals surface area contributed by atoms with Gasteiger partial charge in [-0.2, -0.15) is 0 Å². The topological polar surface area (TPSA) is 95.7 Å². The third-order valence-corrected chi connectivity index (χ3v) is 13.1. The molecule has 0 fully saturated rings. The van der Waals surface area contributed by atoms with Crippen LogP contribution in [0.25, 0.3) is 139 Å². The summed E-state index contributed by atoms with van der Waals surface area (Å²) >= 11 is 0. The molecule has 14 rings (SSSR count). The molecule has 14 aromatic rings. The van der Waals surface area contributed by atoms with E-state index in [1.54, 1.807) is 0 Å². The van der Waals surface area contributed by atoms with Crippen molar-refractivity contribution in [2.75, 3.05) is 0 Å². The molecule has 10 aromatic carbocycles. The van der Waals surface area contributed by atoms with Gasteiger partial charge in [0.25, 0.3) is 0 Å². The van der Waals surface area contributed by atoms with Gasteiger partial charge in [-0.3, -0.25) is 0 Å². The Kier molecular flexibility index (Phi) is 8.72. The monoisotopic (exact) mass is 884 g/mol. The van der Waals surface area contributed by atoms with Gasteiger partial charge in [-0.1, -0.05) is 127 Å². The summed E-state index contributed by atoms with van der Waals surface area (Å²) in [5, 5.41) is 6.94. The van der Waals surface area contributed by atoms with Crippen molar-refractivity contribution in [2.45, 2.75) is 0 Å². The zero-order valence-corrected chi connectivity index (χ0v) is 36.8. The van der Waals surface area contributed by atoms with Crippen molar-refractivity contribution in [1.29, 1.82) is 0 Å². The summed E-state index contributed by atoms with van der Waals surface area (Å²) in [6.07, 6.45) is 0. The molecule has 69 heavy (non-hydrogen) atoms. The fourth-order valence-corrected chi connectivity index (χ4v) is 9.60. The third kappa shape index (κ3) is 6.73. The second-order valence-electron chi connectivity index (χ2n) is 17.3. The van der Waals surface area contributed by atoms with Crippen LogP contribution in [0, 0.1) is 0 Å². The van der Waals surface area contributed by atoms with E-state index in [9.17, 15) is 0 Å². The minimum Gasteiger partial charge on any atom is -0.436 e. The van der Waals surface area contributed by atoms with Gasteiger partial charge in [0, 0.05) is 44.3 Å². The Hall–Kier alpha value is -9.53. The lowest BCUT2D eigenvalue weighted by molar-refractivity contribution is 0.619. The van der Waals surface area contributed by atoms with E-state index in [0.29, 0.717) is 29.3 Å². The van der Waals surface area contributed by atoms with E-state index in [-0.39, 0.29) is 0 Å². The highest BCUT2D eigenvalue weighted by molar-refractivity contribution is 6.17. The number of nitrogens with zero attached hydrogens (tertiary/aromatic N) is 6. The van der Waals surface area contributed by atoms with Crippen LogP contribution < -0.4 is 0 Å². The van der Waals surface area contributed by atoms with Gasteiger partial charge in [0.15, 0.2) is 28.6 Å². The van der Waals surface area contributed by atoms with Crippen LogP contribution in [0.4, 0.5) is 0 Å². The van der Waals surface area contributed by atoms with E-state index in [1.165, 1.54) is 32.7 Å². The average molecular weight is 885 g/mol. The molecule has 0 saturated carbocycles. The fraction of sp³-hybridized carbons (Fsp3) is 0. The molecule has 0 spiro atoms. The van der Waals surface area contributed by atoms with Crippen molar-refractivity contribution in [3.63, 3.8) is 0 Å². The summed E-state index contributed by atoms with van der Waals surface area (Å²) in [5.74, 6) is 2.77. The molecule has 0 unspecified atom stereocenters. The summed E-state index contributed by atoms with van der Waals surface area (Å²) in [6.45, 7) is 0. The molecule has 0 bridgehead atoms. The number of hydrogen-bond donors (Lipinski definition) is 0. The summed E-state index contributed by atoms with van der Waals surface area (Å²) in [6, 6.07) is 75.4. The van der Waals surface area contributed by atoms with Crippen molar-refractivity contribution < 1.29 is 8.83 Å². The van der Waals surface area contributed by atoms with Crippen molar-refractivity contribution in [3.8, 4) is 73.9 Å². The largest absolute Gasteiger partial charge is 0.436 e. The predicted octanol–water partition coefficient (Wildman–Crippen LogP) is 15.6. The van der Waals surface area contributed by atoms with Gasteiger partial charge in [-0.25, -0.2) is 24.9 Å². The van der Waals surface area contributed by atoms with Gasteiger partial charge in [-0.15, -0.1) is 0 Å². The Labute approximate surface area is 394 Å². The molecule has 8 nitrogen and oxygen atoms in total. The molecule has 0 aliphatic carbocycles. The van der Waals surface area contributed by atoms with Gasteiger partial charge in [0.1, 0.15) is 11.0 Å². The van der Waals surface area contributed by atoms with Crippen molar-refractivity contribution in [1.82, 2.24) is 29.5 Å². The zero-order valence-electron chi connectivity index (χ0n) is 36.8. The molecule has 0 amide bonds. The number of aromatic nitrogens is 6. The molecular formula is C61H36N6O2. The summed E-state index contributed by atoms with van der Waals surface area (Å²) in [4.78, 5) is 24.9. The highest BCUT2D eigenvalue weighted by Gasteiger charge is 2.19. The van der Waals surface area contributed by atoms with Gasteiger partial charge in [0.2, 0.25) is 11.8 Å². The van der Waals surface area contributed by atoms with E-state index < -0.39 is 0 Å². The maximum atomic E-state index is 6.10. The van der Waals surface area contributed by atoms with E-state index in [4.69, 9.17) is 33.8 Å². The van der Waals surface area contributed by atoms with Crippen LogP contribution in [0.15, 0.2) is 227 Å². The first-order chi connectivity index (χ1) is 34.1. The van der Waals surface area contributed by atoms with Crippen LogP contribution in [0.2, 0.25) is 0 Å². The first-order valence-electron chi connectivity index (χ1n) is 22.9. The van der Waals surface area contributed by atoms with Gasteiger partial charge in [0.05, 0.1) is 11.0 Å². The van der Waals surface area contributed by atoms with Crippen LogP contribution in [-0.2, 0) is 0 Å². The second kappa shape index (κ2) is 15.5. The Morgan fingerprint density at radius 1 is 0.290 bits per heavy atom. The molecule has 322 valence electrons. The molecule has 0 saturated heterocycles. The quantitative estimate of drug-likeness (QED) is 0.157. The van der Waals surface area contributed by atoms with Gasteiger partial charge < -0.3 is 13.4 Å². The second-order valence-corrected chi connectivity index (χ2v) is 17.3. The standard InChI is InChI=1S/C61H36N6O2/c1-2-11-37(12-3-1)42-15-10-16-48(32-42)67-53-35-44-14-5-4-13-43(44)33-49(53)50-34-47-31-46(30-29-45(47)36-54(50)67)59-65-57(38-21-25-40(26-22-38)60-62-51-17-6-8-19-55(51)68-60)64-58(66-59)39-23-27-41(28-24-39)61-63-52-18-7-9-20-56(52)69-61/h1-36H. The zero-order chi connectivity index (χ0) is 45.4. The number of benzene rings is 10. The van der Waals surface area contributed by atoms with E-state index >= 15 is 0 Å². The van der Waals surface area contributed by atoms with Crippen LogP contribution in [0.1, 0.15) is 0 Å². The maximum absolute atomic E-state index is 6.10. The molecule has 0 aliphatic heterocycles. The lowest BCUT2D eigenvalue weighted by Gasteiger charge is -2.12. The molecular weight excluding hydrogens is 849 g/mol. The SMILES string of the molecule is c1ccc(-c2cccc(-n3c4cc5ccccc5cc4c4cc5cc(-c6nc(-c7ccc(-c8nc9ccccc9o8)cc7)nc(-c7ccc(-c8nc9ccccc9o8)cc7)n6)ccc5cc43)c2)cc1. The number of oxazole rings is 2. The smallest absolute Gasteiger partial charge is 0.227 e. The minimum atomic E-state index is 0.547.